The molecule has 1 aliphatic carbocycles. The molecule has 0 aliphatic heterocycles. The molecule has 0 bridgehead atoms. The lowest BCUT2D eigenvalue weighted by Crippen LogP contribution is -2.36. The van der Waals surface area contributed by atoms with Gasteiger partial charge in [0.25, 0.3) is 0 Å². The Balaban J connectivity index is 1.62. The van der Waals surface area contributed by atoms with E-state index in [-0.39, 0.29) is 6.03 Å². The van der Waals surface area contributed by atoms with Crippen LogP contribution in [0.15, 0.2) is 67.0 Å². The molecule has 4 rings (SSSR count). The van der Waals surface area contributed by atoms with Crippen molar-refractivity contribution in [2.75, 3.05) is 16.8 Å². The van der Waals surface area contributed by atoms with Crippen molar-refractivity contribution in [2.45, 2.75) is 12.8 Å². The lowest BCUT2D eigenvalue weighted by atomic mass is 10.1. The Labute approximate surface area is 141 Å². The van der Waals surface area contributed by atoms with Gasteiger partial charge >= 0.3 is 6.03 Å². The van der Waals surface area contributed by atoms with Crippen molar-refractivity contribution in [3.8, 4) is 0 Å². The molecule has 2 amide bonds. The van der Waals surface area contributed by atoms with Gasteiger partial charge in [-0.05, 0) is 42.3 Å². The van der Waals surface area contributed by atoms with Crippen LogP contribution in [0.5, 0.6) is 0 Å². The second kappa shape index (κ2) is 6.32. The number of fused-ring (bicyclic) bond motifs is 1. The number of pyridine rings is 1. The Morgan fingerprint density at radius 1 is 1.08 bits per heavy atom. The third kappa shape index (κ3) is 3.08. The van der Waals surface area contributed by atoms with Crippen LogP contribution in [0.4, 0.5) is 16.2 Å². The van der Waals surface area contributed by atoms with Crippen LogP contribution in [0.25, 0.3) is 10.8 Å². The molecule has 1 N–H and O–H groups in total. The van der Waals surface area contributed by atoms with E-state index in [4.69, 9.17) is 0 Å². The van der Waals surface area contributed by atoms with Gasteiger partial charge in [-0.15, -0.1) is 0 Å². The number of hydrogen-bond donors (Lipinski definition) is 1. The SMILES string of the molecule is O=C(Nc1cccc2ccccc12)N(CC1CC1)c1cccnc1. The van der Waals surface area contributed by atoms with Crippen molar-refractivity contribution in [1.29, 1.82) is 0 Å². The first-order valence-corrected chi connectivity index (χ1v) is 8.27. The second-order valence-corrected chi connectivity index (χ2v) is 6.22. The summed E-state index contributed by atoms with van der Waals surface area (Å²) in [5.41, 5.74) is 1.67. The topological polar surface area (TPSA) is 45.2 Å². The number of nitrogens with zero attached hydrogens (tertiary/aromatic N) is 2. The van der Waals surface area contributed by atoms with Crippen molar-refractivity contribution in [3.63, 3.8) is 0 Å². The van der Waals surface area contributed by atoms with E-state index in [1.807, 2.05) is 54.6 Å². The average molecular weight is 317 g/mol. The minimum atomic E-state index is -0.105. The zero-order valence-electron chi connectivity index (χ0n) is 13.4. The molecule has 1 aliphatic rings. The molecule has 1 heterocycles. The lowest BCUT2D eigenvalue weighted by Gasteiger charge is -2.23. The van der Waals surface area contributed by atoms with E-state index in [0.29, 0.717) is 5.92 Å². The predicted octanol–water partition coefficient (Wildman–Crippen LogP) is 4.68. The molecule has 0 spiro atoms. The minimum Gasteiger partial charge on any atom is -0.307 e. The minimum absolute atomic E-state index is 0.105. The summed E-state index contributed by atoms with van der Waals surface area (Å²) in [7, 11) is 0. The van der Waals surface area contributed by atoms with Crippen LogP contribution in [0.3, 0.4) is 0 Å². The highest BCUT2D eigenvalue weighted by atomic mass is 16.2. The van der Waals surface area contributed by atoms with E-state index in [9.17, 15) is 4.79 Å². The molecule has 120 valence electrons. The molecule has 24 heavy (non-hydrogen) atoms. The van der Waals surface area contributed by atoms with Gasteiger partial charge in [-0.2, -0.15) is 0 Å². The van der Waals surface area contributed by atoms with Gasteiger partial charge in [0, 0.05) is 18.1 Å². The number of carbonyl (C=O) groups excluding carboxylic acids is 1. The first-order chi connectivity index (χ1) is 11.8. The normalized spacial score (nSPS) is 13.7. The quantitative estimate of drug-likeness (QED) is 0.759. The number of nitrogens with one attached hydrogen (secondary N) is 1. The molecule has 4 heteroatoms. The summed E-state index contributed by atoms with van der Waals surface area (Å²) in [4.78, 5) is 18.9. The van der Waals surface area contributed by atoms with Crippen LogP contribution in [-0.4, -0.2) is 17.6 Å². The summed E-state index contributed by atoms with van der Waals surface area (Å²) in [5.74, 6) is 0.600. The number of rotatable bonds is 4. The third-order valence-electron chi connectivity index (χ3n) is 4.37. The number of amides is 2. The molecule has 3 aromatic rings. The Kier molecular flexibility index (Phi) is 3.87. The van der Waals surface area contributed by atoms with Gasteiger partial charge in [0.15, 0.2) is 0 Å². The number of hydrogen-bond acceptors (Lipinski definition) is 2. The van der Waals surface area contributed by atoms with Gasteiger partial charge in [-0.1, -0.05) is 36.4 Å². The highest BCUT2D eigenvalue weighted by molar-refractivity contribution is 6.07. The summed E-state index contributed by atoms with van der Waals surface area (Å²) >= 11 is 0. The maximum Gasteiger partial charge on any atom is 0.326 e. The largest absolute Gasteiger partial charge is 0.326 e. The Morgan fingerprint density at radius 2 is 1.92 bits per heavy atom. The fourth-order valence-electron chi connectivity index (χ4n) is 2.89. The van der Waals surface area contributed by atoms with E-state index in [1.165, 1.54) is 12.8 Å². The van der Waals surface area contributed by atoms with Gasteiger partial charge in [0.05, 0.1) is 17.6 Å². The maximum atomic E-state index is 12.9. The van der Waals surface area contributed by atoms with Gasteiger partial charge in [0.1, 0.15) is 0 Å². The summed E-state index contributed by atoms with van der Waals surface area (Å²) in [5, 5.41) is 5.24. The molecule has 0 saturated heterocycles. The lowest BCUT2D eigenvalue weighted by molar-refractivity contribution is 0.256. The monoisotopic (exact) mass is 317 g/mol. The van der Waals surface area contributed by atoms with Crippen molar-refractivity contribution in [2.24, 2.45) is 5.92 Å². The highest BCUT2D eigenvalue weighted by Crippen LogP contribution is 2.32. The zero-order chi connectivity index (χ0) is 16.4. The summed E-state index contributed by atoms with van der Waals surface area (Å²) in [6.45, 7) is 0.738. The Morgan fingerprint density at radius 3 is 2.71 bits per heavy atom. The van der Waals surface area contributed by atoms with E-state index < -0.39 is 0 Å². The molecule has 1 saturated carbocycles. The van der Waals surface area contributed by atoms with Gasteiger partial charge in [0.2, 0.25) is 0 Å². The third-order valence-corrected chi connectivity index (χ3v) is 4.37. The summed E-state index contributed by atoms with van der Waals surface area (Å²) in [6.07, 6.45) is 5.85. The Bertz CT molecular complexity index is 854. The number of aromatic nitrogens is 1. The molecule has 2 aromatic carbocycles. The highest BCUT2D eigenvalue weighted by Gasteiger charge is 2.28. The van der Waals surface area contributed by atoms with Crippen LogP contribution in [0.1, 0.15) is 12.8 Å². The predicted molar refractivity (Wildman–Crippen MR) is 97.3 cm³/mol. The van der Waals surface area contributed by atoms with Crippen molar-refractivity contribution >= 4 is 28.2 Å². The maximum absolute atomic E-state index is 12.9. The van der Waals surface area contributed by atoms with Gasteiger partial charge in [-0.25, -0.2) is 4.79 Å². The smallest absolute Gasteiger partial charge is 0.307 e. The van der Waals surface area contributed by atoms with E-state index in [1.54, 1.807) is 17.3 Å². The first kappa shape index (κ1) is 14.7. The summed E-state index contributed by atoms with van der Waals surface area (Å²) < 4.78 is 0. The first-order valence-electron chi connectivity index (χ1n) is 8.27. The fourth-order valence-corrected chi connectivity index (χ4v) is 2.89. The molecule has 1 fully saturated rings. The van der Waals surface area contributed by atoms with Crippen LogP contribution < -0.4 is 10.2 Å². The number of carbonyl (C=O) groups is 1. The molecule has 0 radical (unpaired) electrons. The van der Waals surface area contributed by atoms with Crippen LogP contribution in [0.2, 0.25) is 0 Å². The standard InChI is InChI=1S/C20H19N3O/c24-20(22-19-9-3-6-16-5-1-2-8-18(16)19)23(14-15-10-11-15)17-7-4-12-21-13-17/h1-9,12-13,15H,10-11,14H2,(H,22,24). The number of urea groups is 1. The van der Waals surface area contributed by atoms with E-state index in [0.717, 1.165) is 28.7 Å². The fraction of sp³-hybridized carbons (Fsp3) is 0.200. The molecular weight excluding hydrogens is 298 g/mol. The Hall–Kier alpha value is -2.88. The van der Waals surface area contributed by atoms with Gasteiger partial charge in [-0.3, -0.25) is 9.88 Å². The van der Waals surface area contributed by atoms with Crippen LogP contribution in [-0.2, 0) is 0 Å². The van der Waals surface area contributed by atoms with Gasteiger partial charge < -0.3 is 5.32 Å². The zero-order valence-corrected chi connectivity index (χ0v) is 13.4. The molecule has 1 aromatic heterocycles. The van der Waals surface area contributed by atoms with Crippen molar-refractivity contribution in [3.05, 3.63) is 67.0 Å². The molecule has 0 atom stereocenters. The molecular formula is C20H19N3O. The molecule has 0 unspecified atom stereocenters. The van der Waals surface area contributed by atoms with Crippen molar-refractivity contribution in [1.82, 2.24) is 4.98 Å². The van der Waals surface area contributed by atoms with Crippen LogP contribution >= 0.6 is 0 Å². The average Bonchev–Trinajstić information content (AvgIpc) is 3.45. The van der Waals surface area contributed by atoms with E-state index in [2.05, 4.69) is 10.3 Å². The van der Waals surface area contributed by atoms with Crippen LogP contribution in [0, 0.1) is 5.92 Å². The van der Waals surface area contributed by atoms with E-state index >= 15 is 0 Å². The molecule has 4 nitrogen and oxygen atoms in total. The van der Waals surface area contributed by atoms with Crippen molar-refractivity contribution < 1.29 is 4.79 Å². The number of anilines is 2. The number of benzene rings is 2. The summed E-state index contributed by atoms with van der Waals surface area (Å²) in [6, 6.07) is 17.7. The second-order valence-electron chi connectivity index (χ2n) is 6.22.